The second-order valence-electron chi connectivity index (χ2n) is 7.83. The van der Waals surface area contributed by atoms with E-state index < -0.39 is 15.4 Å². The largest absolute Gasteiger partial charge is 1.00 e. The van der Waals surface area contributed by atoms with E-state index in [0.717, 1.165) is 19.3 Å². The number of carbonyl (C=O) groups is 1. The first-order valence-corrected chi connectivity index (χ1v) is 12.6. The first-order chi connectivity index (χ1) is 12.9. The fourth-order valence-electron chi connectivity index (χ4n) is 3.11. The second kappa shape index (κ2) is 21.3. The van der Waals surface area contributed by atoms with Crippen LogP contribution in [0.3, 0.4) is 0 Å². The Bertz CT molecular complexity index is 457. The summed E-state index contributed by atoms with van der Waals surface area (Å²) in [6.07, 6.45) is 19.7. The number of hydrogen-bond acceptors (Lipinski definition) is 3. The molecular formula is C21H43KNO4S+. The molecule has 0 heterocycles. The van der Waals surface area contributed by atoms with Gasteiger partial charge in [0.2, 0.25) is 5.91 Å². The SMILES string of the molecule is CCCCCCCCCCCCCCCCCC(=O)NCC(C)S(=O)(=O)O.[K+]. The monoisotopic (exact) mass is 444 g/mol. The van der Waals surface area contributed by atoms with E-state index in [2.05, 4.69) is 12.2 Å². The molecule has 0 fully saturated rings. The minimum atomic E-state index is -4.06. The van der Waals surface area contributed by atoms with E-state index in [1.165, 1.54) is 84.0 Å². The van der Waals surface area contributed by atoms with Crippen LogP contribution < -0.4 is 56.7 Å². The van der Waals surface area contributed by atoms with Crippen molar-refractivity contribution in [3.8, 4) is 0 Å². The molecule has 1 amide bonds. The van der Waals surface area contributed by atoms with Crippen molar-refractivity contribution in [2.24, 2.45) is 0 Å². The van der Waals surface area contributed by atoms with E-state index >= 15 is 0 Å². The van der Waals surface area contributed by atoms with Gasteiger partial charge < -0.3 is 5.32 Å². The van der Waals surface area contributed by atoms with Gasteiger partial charge in [-0.2, -0.15) is 8.42 Å². The number of hydrogen-bond donors (Lipinski definition) is 2. The summed E-state index contributed by atoms with van der Waals surface area (Å²) in [5.74, 6) is -0.139. The molecule has 5 nitrogen and oxygen atoms in total. The van der Waals surface area contributed by atoms with Crippen LogP contribution in [-0.2, 0) is 14.9 Å². The Labute approximate surface area is 216 Å². The quantitative estimate of drug-likeness (QED) is 0.182. The van der Waals surface area contributed by atoms with E-state index in [-0.39, 0.29) is 63.8 Å². The molecule has 162 valence electrons. The first-order valence-electron chi connectivity index (χ1n) is 11.1. The summed E-state index contributed by atoms with van der Waals surface area (Å²) < 4.78 is 30.5. The second-order valence-corrected chi connectivity index (χ2v) is 9.66. The molecule has 0 saturated carbocycles. The van der Waals surface area contributed by atoms with Gasteiger partial charge in [0.25, 0.3) is 10.1 Å². The van der Waals surface area contributed by atoms with Gasteiger partial charge in [0.05, 0.1) is 0 Å². The third-order valence-corrected chi connectivity index (χ3v) is 6.29. The number of unbranched alkanes of at least 4 members (excludes halogenated alkanes) is 14. The average Bonchev–Trinajstić information content (AvgIpc) is 2.62. The van der Waals surface area contributed by atoms with Gasteiger partial charge in [-0.1, -0.05) is 96.8 Å². The molecule has 0 radical (unpaired) electrons. The molecule has 0 aromatic rings. The maximum Gasteiger partial charge on any atom is 1.00 e. The summed E-state index contributed by atoms with van der Waals surface area (Å²) in [6.45, 7) is 3.61. The Morgan fingerprint density at radius 1 is 0.786 bits per heavy atom. The average molecular weight is 445 g/mol. The van der Waals surface area contributed by atoms with E-state index in [4.69, 9.17) is 4.55 Å². The Balaban J connectivity index is 0. The number of carbonyl (C=O) groups excluding carboxylic acids is 1. The molecule has 1 unspecified atom stereocenters. The van der Waals surface area contributed by atoms with Crippen LogP contribution in [0.25, 0.3) is 0 Å². The van der Waals surface area contributed by atoms with Crippen molar-refractivity contribution in [1.29, 1.82) is 0 Å². The van der Waals surface area contributed by atoms with Crippen LogP contribution in [0, 0.1) is 0 Å². The summed E-state index contributed by atoms with van der Waals surface area (Å²) in [4.78, 5) is 11.6. The fourth-order valence-corrected chi connectivity index (χ4v) is 3.40. The molecule has 2 N–H and O–H groups in total. The smallest absolute Gasteiger partial charge is 0.355 e. The molecule has 0 aliphatic carbocycles. The van der Waals surface area contributed by atoms with Crippen molar-refractivity contribution < 1.29 is 69.1 Å². The molecule has 0 bridgehead atoms. The van der Waals surface area contributed by atoms with Crippen molar-refractivity contribution in [3.63, 3.8) is 0 Å². The molecule has 0 spiro atoms. The van der Waals surface area contributed by atoms with Crippen LogP contribution in [0.15, 0.2) is 0 Å². The van der Waals surface area contributed by atoms with Crippen LogP contribution in [0.2, 0.25) is 0 Å². The third kappa shape index (κ3) is 21.7. The molecule has 0 rings (SSSR count). The van der Waals surface area contributed by atoms with Crippen molar-refractivity contribution in [3.05, 3.63) is 0 Å². The summed E-state index contributed by atoms with van der Waals surface area (Å²) in [5.41, 5.74) is 0. The minimum Gasteiger partial charge on any atom is -0.355 e. The Morgan fingerprint density at radius 2 is 1.14 bits per heavy atom. The van der Waals surface area contributed by atoms with Gasteiger partial charge in [0.1, 0.15) is 5.25 Å². The maximum absolute atomic E-state index is 11.6. The minimum absolute atomic E-state index is 0. The Morgan fingerprint density at radius 3 is 1.50 bits per heavy atom. The van der Waals surface area contributed by atoms with E-state index in [9.17, 15) is 13.2 Å². The van der Waals surface area contributed by atoms with E-state index in [1.54, 1.807) is 0 Å². The molecule has 1 atom stereocenters. The zero-order valence-electron chi connectivity index (χ0n) is 18.7. The number of amides is 1. The summed E-state index contributed by atoms with van der Waals surface area (Å²) >= 11 is 0. The topological polar surface area (TPSA) is 83.5 Å². The van der Waals surface area contributed by atoms with Gasteiger partial charge in [0.15, 0.2) is 0 Å². The summed E-state index contributed by atoms with van der Waals surface area (Å²) in [5, 5.41) is 1.60. The number of rotatable bonds is 19. The predicted molar refractivity (Wildman–Crippen MR) is 114 cm³/mol. The van der Waals surface area contributed by atoms with Crippen LogP contribution in [0.5, 0.6) is 0 Å². The zero-order valence-corrected chi connectivity index (χ0v) is 22.6. The molecule has 0 aromatic carbocycles. The van der Waals surface area contributed by atoms with Crippen LogP contribution in [-0.4, -0.2) is 30.7 Å². The fraction of sp³-hybridized carbons (Fsp3) is 0.952. The van der Waals surface area contributed by atoms with Crippen LogP contribution in [0.1, 0.15) is 117 Å². The van der Waals surface area contributed by atoms with Gasteiger partial charge in [0, 0.05) is 13.0 Å². The van der Waals surface area contributed by atoms with Crippen molar-refractivity contribution >= 4 is 16.0 Å². The van der Waals surface area contributed by atoms with Gasteiger partial charge in [-0.15, -0.1) is 0 Å². The van der Waals surface area contributed by atoms with Crippen molar-refractivity contribution in [2.45, 2.75) is 122 Å². The van der Waals surface area contributed by atoms with Crippen LogP contribution >= 0.6 is 0 Å². The Hall–Kier alpha value is 1.02. The predicted octanol–water partition coefficient (Wildman–Crippen LogP) is 2.64. The molecule has 0 aliphatic heterocycles. The first kappa shape index (κ1) is 31.2. The van der Waals surface area contributed by atoms with E-state index in [1.807, 2.05) is 0 Å². The van der Waals surface area contributed by atoms with Crippen molar-refractivity contribution in [1.82, 2.24) is 5.32 Å². The maximum atomic E-state index is 11.6. The number of nitrogens with one attached hydrogen (secondary N) is 1. The summed E-state index contributed by atoms with van der Waals surface area (Å²) in [6, 6.07) is 0. The van der Waals surface area contributed by atoms with Gasteiger partial charge in [-0.3, -0.25) is 9.35 Å². The molecule has 0 aliphatic rings. The molecule has 28 heavy (non-hydrogen) atoms. The van der Waals surface area contributed by atoms with Crippen molar-refractivity contribution in [2.75, 3.05) is 6.54 Å². The van der Waals surface area contributed by atoms with Crippen LogP contribution in [0.4, 0.5) is 0 Å². The summed E-state index contributed by atoms with van der Waals surface area (Å²) in [7, 11) is -4.06. The third-order valence-electron chi connectivity index (χ3n) is 5.10. The molecule has 0 aromatic heterocycles. The molecule has 7 heteroatoms. The molecule has 0 saturated heterocycles. The Kier molecular flexibility index (Phi) is 23.7. The normalized spacial score (nSPS) is 12.4. The van der Waals surface area contributed by atoms with E-state index in [0.29, 0.717) is 6.42 Å². The van der Waals surface area contributed by atoms with Gasteiger partial charge in [-0.05, 0) is 13.3 Å². The standard InChI is InChI=1S/C21H43NO4S.K/c1-3-4-5-6-7-8-9-10-11-12-13-14-15-16-17-18-21(23)22-19-20(2)27(24,25)26;/h20H,3-19H2,1-2H3,(H,22,23)(H,24,25,26);/q;+1. The van der Waals surface area contributed by atoms with Gasteiger partial charge in [-0.25, -0.2) is 0 Å². The molecular weight excluding hydrogens is 401 g/mol. The van der Waals surface area contributed by atoms with Gasteiger partial charge >= 0.3 is 51.4 Å². The zero-order chi connectivity index (χ0) is 20.4.